The highest BCUT2D eigenvalue weighted by atomic mass is 35.5. The Morgan fingerprint density at radius 1 is 1.14 bits per heavy atom. The molecule has 0 saturated heterocycles. The lowest BCUT2D eigenvalue weighted by atomic mass is 10.2. The van der Waals surface area contributed by atoms with E-state index in [0.29, 0.717) is 51.8 Å². The van der Waals surface area contributed by atoms with Gasteiger partial charge in [-0.2, -0.15) is 0 Å². The van der Waals surface area contributed by atoms with Crippen LogP contribution in [0.5, 0.6) is 0 Å². The van der Waals surface area contributed by atoms with Crippen molar-refractivity contribution < 1.29 is 14.5 Å². The lowest BCUT2D eigenvalue weighted by molar-refractivity contribution is -0.384. The highest BCUT2D eigenvalue weighted by Crippen LogP contribution is 2.23. The maximum atomic E-state index is 12.3. The van der Waals surface area contributed by atoms with E-state index in [9.17, 15) is 19.7 Å². The van der Waals surface area contributed by atoms with E-state index in [1.165, 1.54) is 42.1 Å². The Balaban J connectivity index is 1.54. The molecule has 0 aliphatic heterocycles. The monoisotopic (exact) mass is 534 g/mol. The number of allylic oxidation sites excluding steroid dienone is 1. The van der Waals surface area contributed by atoms with Crippen LogP contribution in [0.25, 0.3) is 0 Å². The molecule has 0 aliphatic rings. The maximum absolute atomic E-state index is 12.3. The van der Waals surface area contributed by atoms with E-state index in [1.807, 2.05) is 4.57 Å². The molecule has 0 fully saturated rings. The van der Waals surface area contributed by atoms with Crippen molar-refractivity contribution in [3.63, 3.8) is 0 Å². The molecule has 0 bridgehead atoms. The molecule has 3 aromatic rings. The zero-order valence-corrected chi connectivity index (χ0v) is 20.6. The van der Waals surface area contributed by atoms with E-state index >= 15 is 0 Å². The predicted molar refractivity (Wildman–Crippen MR) is 135 cm³/mol. The fourth-order valence-corrected chi connectivity index (χ4v) is 4.01. The molecule has 0 spiro atoms. The van der Waals surface area contributed by atoms with Gasteiger partial charge in [0.1, 0.15) is 5.82 Å². The van der Waals surface area contributed by atoms with Gasteiger partial charge in [-0.15, -0.1) is 16.8 Å². The Hall–Kier alpha value is -3.41. The Bertz CT molecular complexity index is 1250. The molecule has 0 saturated carbocycles. The topological polar surface area (TPSA) is 132 Å². The number of nitrogens with zero attached hydrogens (tertiary/aromatic N) is 4. The summed E-state index contributed by atoms with van der Waals surface area (Å²) in [4.78, 5) is 34.9. The second kappa shape index (κ2) is 12.3. The molecule has 182 valence electrons. The van der Waals surface area contributed by atoms with Crippen molar-refractivity contribution in [2.45, 2.75) is 18.1 Å². The van der Waals surface area contributed by atoms with Crippen LogP contribution in [0.3, 0.4) is 0 Å². The Morgan fingerprint density at radius 3 is 2.54 bits per heavy atom. The minimum absolute atomic E-state index is 0.0559. The molecule has 0 aliphatic carbocycles. The van der Waals surface area contributed by atoms with E-state index in [-0.39, 0.29) is 23.3 Å². The number of nitrogens with one attached hydrogen (secondary N) is 2. The summed E-state index contributed by atoms with van der Waals surface area (Å²) in [5.41, 5.74) is 0.782. The van der Waals surface area contributed by atoms with Gasteiger partial charge in [-0.3, -0.25) is 19.7 Å². The van der Waals surface area contributed by atoms with Crippen molar-refractivity contribution >= 4 is 58.2 Å². The zero-order chi connectivity index (χ0) is 25.4. The summed E-state index contributed by atoms with van der Waals surface area (Å²) < 4.78 is 1.81. The fraction of sp³-hybridized carbons (Fsp3) is 0.182. The number of amides is 2. The number of nitro benzene ring substituents is 1. The summed E-state index contributed by atoms with van der Waals surface area (Å²) in [6, 6.07) is 10.2. The number of halogens is 2. The molecule has 0 unspecified atom stereocenters. The summed E-state index contributed by atoms with van der Waals surface area (Å²) in [6.07, 6.45) is 2.09. The molecule has 2 amide bonds. The van der Waals surface area contributed by atoms with Crippen molar-refractivity contribution in [2.24, 2.45) is 0 Å². The third-order valence-electron chi connectivity index (χ3n) is 4.62. The summed E-state index contributed by atoms with van der Waals surface area (Å²) in [6.45, 7) is 4.48. The number of thioether (sulfide) groups is 1. The first-order chi connectivity index (χ1) is 16.8. The summed E-state index contributed by atoms with van der Waals surface area (Å²) in [7, 11) is 0. The van der Waals surface area contributed by atoms with Crippen LogP contribution in [-0.4, -0.2) is 43.8 Å². The van der Waals surface area contributed by atoms with Gasteiger partial charge in [-0.05, 0) is 30.3 Å². The molecule has 1 heterocycles. The van der Waals surface area contributed by atoms with Gasteiger partial charge < -0.3 is 15.2 Å². The molecule has 35 heavy (non-hydrogen) atoms. The van der Waals surface area contributed by atoms with E-state index < -0.39 is 4.92 Å². The van der Waals surface area contributed by atoms with Crippen LogP contribution in [0.15, 0.2) is 60.3 Å². The van der Waals surface area contributed by atoms with E-state index in [1.54, 1.807) is 18.2 Å². The van der Waals surface area contributed by atoms with Crippen molar-refractivity contribution in [2.75, 3.05) is 17.6 Å². The molecule has 1 aromatic heterocycles. The Morgan fingerprint density at radius 2 is 1.89 bits per heavy atom. The fourth-order valence-electron chi connectivity index (χ4n) is 2.94. The van der Waals surface area contributed by atoms with Crippen LogP contribution in [0.2, 0.25) is 10.0 Å². The molecule has 3 rings (SSSR count). The van der Waals surface area contributed by atoms with Gasteiger partial charge >= 0.3 is 0 Å². The number of hydrogen-bond donors (Lipinski definition) is 2. The Labute approximate surface area is 214 Å². The Kier molecular flexibility index (Phi) is 9.24. The highest BCUT2D eigenvalue weighted by Gasteiger charge is 2.15. The number of hydrogen-bond acceptors (Lipinski definition) is 7. The minimum Gasteiger partial charge on any atom is -0.352 e. The molecular weight excluding hydrogens is 515 g/mol. The molecule has 10 nitrogen and oxygen atoms in total. The normalized spacial score (nSPS) is 10.6. The first-order valence-corrected chi connectivity index (χ1v) is 12.0. The van der Waals surface area contributed by atoms with Gasteiger partial charge in [0.05, 0.1) is 20.7 Å². The van der Waals surface area contributed by atoms with Crippen LogP contribution in [0.4, 0.5) is 11.4 Å². The lowest BCUT2D eigenvalue weighted by Crippen LogP contribution is -2.26. The standard InChI is InChI=1S/C22H20Cl2N6O4S/c1-2-11-29-19(9-10-25-21(32)14-3-8-17(23)18(24)12-14)27-28-22(29)35-13-20(31)26-15-4-6-16(7-5-15)30(33)34/h2-8,12H,1,9-11,13H2,(H,25,32)(H,26,31). The van der Waals surface area contributed by atoms with E-state index in [4.69, 9.17) is 23.2 Å². The van der Waals surface area contributed by atoms with Crippen LogP contribution in [0.1, 0.15) is 16.2 Å². The first-order valence-electron chi connectivity index (χ1n) is 10.2. The van der Waals surface area contributed by atoms with Crippen molar-refractivity contribution in [3.8, 4) is 0 Å². The molecule has 0 atom stereocenters. The number of rotatable bonds is 11. The number of anilines is 1. The average molecular weight is 535 g/mol. The minimum atomic E-state index is -0.510. The van der Waals surface area contributed by atoms with Gasteiger partial charge in [0.15, 0.2) is 5.16 Å². The van der Waals surface area contributed by atoms with Crippen LogP contribution < -0.4 is 10.6 Å². The van der Waals surface area contributed by atoms with Crippen LogP contribution in [0, 0.1) is 10.1 Å². The third-order valence-corrected chi connectivity index (χ3v) is 6.32. The highest BCUT2D eigenvalue weighted by molar-refractivity contribution is 7.99. The number of aromatic nitrogens is 3. The molecule has 0 radical (unpaired) electrons. The van der Waals surface area contributed by atoms with Crippen LogP contribution in [-0.2, 0) is 17.8 Å². The number of carbonyl (C=O) groups excluding carboxylic acids is 2. The van der Waals surface area contributed by atoms with Gasteiger partial charge in [0, 0.05) is 42.9 Å². The first kappa shape index (κ1) is 26.2. The average Bonchev–Trinajstić information content (AvgIpc) is 3.21. The number of carbonyl (C=O) groups is 2. The number of non-ortho nitro benzene ring substituents is 1. The molecular formula is C22H20Cl2N6O4S. The van der Waals surface area contributed by atoms with Crippen molar-refractivity contribution in [1.29, 1.82) is 0 Å². The second-order valence-electron chi connectivity index (χ2n) is 7.07. The van der Waals surface area contributed by atoms with Gasteiger partial charge in [-0.25, -0.2) is 0 Å². The largest absolute Gasteiger partial charge is 0.352 e. The second-order valence-corrected chi connectivity index (χ2v) is 8.83. The molecule has 2 aromatic carbocycles. The summed E-state index contributed by atoms with van der Waals surface area (Å²) >= 11 is 13.0. The number of benzene rings is 2. The van der Waals surface area contributed by atoms with Gasteiger partial charge in [-0.1, -0.05) is 41.0 Å². The van der Waals surface area contributed by atoms with Crippen molar-refractivity contribution in [3.05, 3.63) is 86.7 Å². The van der Waals surface area contributed by atoms with Crippen LogP contribution >= 0.6 is 35.0 Å². The predicted octanol–water partition coefficient (Wildman–Crippen LogP) is 4.38. The summed E-state index contributed by atoms with van der Waals surface area (Å²) in [5, 5.41) is 25.7. The van der Waals surface area contributed by atoms with E-state index in [2.05, 4.69) is 27.4 Å². The molecule has 2 N–H and O–H groups in total. The van der Waals surface area contributed by atoms with Crippen molar-refractivity contribution in [1.82, 2.24) is 20.1 Å². The van der Waals surface area contributed by atoms with Gasteiger partial charge in [0.25, 0.3) is 11.6 Å². The summed E-state index contributed by atoms with van der Waals surface area (Å²) in [5.74, 6) is 0.0845. The third kappa shape index (κ3) is 7.28. The van der Waals surface area contributed by atoms with E-state index in [0.717, 1.165) is 0 Å². The maximum Gasteiger partial charge on any atom is 0.269 e. The quantitative estimate of drug-likeness (QED) is 0.161. The number of nitro groups is 1. The SMILES string of the molecule is C=CCn1c(CCNC(=O)c2ccc(Cl)c(Cl)c2)nnc1SCC(=O)Nc1ccc([N+](=O)[O-])cc1. The lowest BCUT2D eigenvalue weighted by Gasteiger charge is -2.09. The van der Waals surface area contributed by atoms with Gasteiger partial charge in [0.2, 0.25) is 5.91 Å². The zero-order valence-electron chi connectivity index (χ0n) is 18.2. The molecule has 13 heteroatoms. The smallest absolute Gasteiger partial charge is 0.269 e.